The van der Waals surface area contributed by atoms with Crippen LogP contribution in [-0.2, 0) is 43.5 Å². The number of fused-ring (bicyclic) bond motifs is 1. The zero-order chi connectivity index (χ0) is 47.5. The molecular weight excluding hydrogens is 913 g/mol. The number of nitrogens with zero attached hydrogens (tertiary/aromatic N) is 3. The van der Waals surface area contributed by atoms with Crippen LogP contribution in [0.3, 0.4) is 0 Å². The minimum Gasteiger partial charge on any atom is -0.490 e. The molecule has 23 heteroatoms. The molecule has 5 heterocycles. The zero-order valence-corrected chi connectivity index (χ0v) is 38.3. The number of carbonyl (C=O) groups excluding carboxylic acids is 7. The van der Waals surface area contributed by atoms with Gasteiger partial charge in [0.15, 0.2) is 0 Å². The van der Waals surface area contributed by atoms with Crippen molar-refractivity contribution in [1.82, 2.24) is 40.8 Å². The Labute approximate surface area is 390 Å². The molecule has 3 fully saturated rings. The fraction of sp³-hybridized carbons (Fsp3) is 0.455. The smallest absolute Gasteiger partial charge is 0.266 e. The van der Waals surface area contributed by atoms with Gasteiger partial charge in [-0.05, 0) is 53.8 Å². The van der Waals surface area contributed by atoms with E-state index in [-0.39, 0.29) is 131 Å². The van der Waals surface area contributed by atoms with E-state index in [1.165, 1.54) is 22.1 Å². The van der Waals surface area contributed by atoms with Gasteiger partial charge in [0, 0.05) is 50.0 Å². The summed E-state index contributed by atoms with van der Waals surface area (Å²) in [5.74, 6) is -2.55. The van der Waals surface area contributed by atoms with E-state index in [9.17, 15) is 42.0 Å². The van der Waals surface area contributed by atoms with Gasteiger partial charge < -0.3 is 34.9 Å². The number of hydrogen-bond donors (Lipinski definition) is 5. The number of ether oxygens (including phenoxy) is 4. The third-order valence-electron chi connectivity index (χ3n) is 11.3. The van der Waals surface area contributed by atoms with Crippen molar-refractivity contribution in [2.75, 3.05) is 77.8 Å². The number of sulfonamides is 1. The maximum absolute atomic E-state index is 13.2. The summed E-state index contributed by atoms with van der Waals surface area (Å²) in [6.45, 7) is 1.48. The molecule has 3 saturated heterocycles. The van der Waals surface area contributed by atoms with Crippen LogP contribution in [-0.4, -0.2) is 153 Å². The number of imide groups is 2. The van der Waals surface area contributed by atoms with E-state index in [1.54, 1.807) is 18.3 Å². The number of piperidine rings is 1. The van der Waals surface area contributed by atoms with Crippen LogP contribution < -0.4 is 36.1 Å². The van der Waals surface area contributed by atoms with Gasteiger partial charge in [0.25, 0.3) is 11.8 Å². The summed E-state index contributed by atoms with van der Waals surface area (Å²) >= 11 is 1.54. The van der Waals surface area contributed by atoms with E-state index >= 15 is 0 Å². The molecule has 4 aliphatic rings. The van der Waals surface area contributed by atoms with Crippen molar-refractivity contribution >= 4 is 63.1 Å². The molecule has 4 atom stereocenters. The first-order chi connectivity index (χ1) is 32.2. The number of amides is 7. The first-order valence-electron chi connectivity index (χ1n) is 21.7. The molecule has 2 aromatic carbocycles. The molecule has 0 spiro atoms. The Morgan fingerprint density at radius 3 is 2.43 bits per heavy atom. The highest BCUT2D eigenvalue weighted by molar-refractivity contribution is 8.00. The molecule has 21 nitrogen and oxygen atoms in total. The first-order valence-corrected chi connectivity index (χ1v) is 24.6. The molecule has 4 unspecified atom stereocenters. The molecule has 0 bridgehead atoms. The number of benzene rings is 2. The zero-order valence-electron chi connectivity index (χ0n) is 36.7. The number of rotatable bonds is 22. The lowest BCUT2D eigenvalue weighted by molar-refractivity contribution is -0.136. The molecule has 0 radical (unpaired) electrons. The molecule has 0 saturated carbocycles. The summed E-state index contributed by atoms with van der Waals surface area (Å²) in [4.78, 5) is 92.8. The molecule has 5 N–H and O–H groups in total. The molecule has 358 valence electrons. The van der Waals surface area contributed by atoms with Gasteiger partial charge in [0.05, 0.1) is 62.8 Å². The van der Waals surface area contributed by atoms with Gasteiger partial charge in [-0.1, -0.05) is 24.3 Å². The van der Waals surface area contributed by atoms with Gasteiger partial charge in [0.2, 0.25) is 45.4 Å². The average Bonchev–Trinajstić information content (AvgIpc) is 4.06. The number of pyridine rings is 1. The van der Waals surface area contributed by atoms with Crippen molar-refractivity contribution in [3.63, 3.8) is 0 Å². The lowest BCUT2D eigenvalue weighted by atomic mass is 10.0. The second kappa shape index (κ2) is 22.7. The maximum atomic E-state index is 13.2. The van der Waals surface area contributed by atoms with Gasteiger partial charge in [-0.25, -0.2) is 17.7 Å². The quantitative estimate of drug-likeness (QED) is 0.0671. The van der Waals surface area contributed by atoms with Crippen LogP contribution in [0.2, 0.25) is 0 Å². The summed E-state index contributed by atoms with van der Waals surface area (Å²) in [6, 6.07) is 15.2. The number of carbonyl (C=O) groups is 7. The van der Waals surface area contributed by atoms with E-state index in [4.69, 9.17) is 18.9 Å². The van der Waals surface area contributed by atoms with Crippen LogP contribution in [0.5, 0.6) is 11.6 Å². The fourth-order valence-corrected chi connectivity index (χ4v) is 9.88. The summed E-state index contributed by atoms with van der Waals surface area (Å²) in [6.07, 6.45) is 3.38. The van der Waals surface area contributed by atoms with Crippen LogP contribution in [0.15, 0.2) is 60.8 Å². The predicted octanol–water partition coefficient (Wildman–Crippen LogP) is 0.322. The van der Waals surface area contributed by atoms with E-state index in [2.05, 4.69) is 37.6 Å². The van der Waals surface area contributed by atoms with Crippen molar-refractivity contribution in [2.24, 2.45) is 5.92 Å². The van der Waals surface area contributed by atoms with Gasteiger partial charge >= 0.3 is 0 Å². The lowest BCUT2D eigenvalue weighted by Gasteiger charge is -2.27. The largest absolute Gasteiger partial charge is 0.490 e. The number of aromatic nitrogens is 1. The minimum absolute atomic E-state index is 0.0234. The molecule has 1 aromatic heterocycles. The normalized spacial score (nSPS) is 20.6. The molecule has 7 amide bonds. The highest BCUT2D eigenvalue weighted by Crippen LogP contribution is 2.34. The summed E-state index contributed by atoms with van der Waals surface area (Å²) < 4.78 is 47.4. The van der Waals surface area contributed by atoms with Crippen LogP contribution in [0.25, 0.3) is 11.1 Å². The lowest BCUT2D eigenvalue weighted by Crippen LogP contribution is -2.54. The van der Waals surface area contributed by atoms with Crippen molar-refractivity contribution in [3.8, 4) is 22.8 Å². The van der Waals surface area contributed by atoms with E-state index in [0.29, 0.717) is 18.1 Å². The minimum atomic E-state index is -3.37. The number of nitrogens with one attached hydrogen (secondary N) is 5. The summed E-state index contributed by atoms with van der Waals surface area (Å²) in [7, 11) is -3.37. The average molecular weight is 965 g/mol. The third kappa shape index (κ3) is 12.9. The van der Waals surface area contributed by atoms with Gasteiger partial charge in [-0.15, -0.1) is 11.8 Å². The monoisotopic (exact) mass is 964 g/mol. The Bertz CT molecular complexity index is 2480. The Hall–Kier alpha value is -5.98. The fourth-order valence-electron chi connectivity index (χ4n) is 7.84. The molecule has 4 aliphatic heterocycles. The Kier molecular flexibility index (Phi) is 16.6. The van der Waals surface area contributed by atoms with Gasteiger partial charge in [0.1, 0.15) is 30.5 Å². The van der Waals surface area contributed by atoms with Crippen LogP contribution in [0, 0.1) is 5.92 Å². The van der Waals surface area contributed by atoms with Crippen molar-refractivity contribution in [3.05, 3.63) is 77.5 Å². The topological polar surface area (TPSA) is 270 Å². The van der Waals surface area contributed by atoms with E-state index in [0.717, 1.165) is 27.8 Å². The predicted molar refractivity (Wildman–Crippen MR) is 241 cm³/mol. The molecule has 67 heavy (non-hydrogen) atoms. The number of hydrogen-bond acceptors (Lipinski definition) is 16. The van der Waals surface area contributed by atoms with Gasteiger partial charge in [-0.3, -0.25) is 49.1 Å². The van der Waals surface area contributed by atoms with E-state index in [1.807, 2.05) is 30.3 Å². The van der Waals surface area contributed by atoms with Crippen LogP contribution in [0.4, 0.5) is 0 Å². The maximum Gasteiger partial charge on any atom is 0.266 e. The molecular formula is C44H52N8O13S2. The second-order valence-corrected chi connectivity index (χ2v) is 19.1. The Balaban J connectivity index is 0.736. The molecule has 3 aromatic rings. The molecule has 7 rings (SSSR count). The number of thioether (sulfide) groups is 1. The van der Waals surface area contributed by atoms with E-state index < -0.39 is 45.6 Å². The highest BCUT2D eigenvalue weighted by atomic mass is 32.2. The summed E-state index contributed by atoms with van der Waals surface area (Å²) in [5.41, 5.74) is 2.66. The second-order valence-electron chi connectivity index (χ2n) is 16.0. The van der Waals surface area contributed by atoms with Crippen LogP contribution >= 0.6 is 11.8 Å². The Morgan fingerprint density at radius 1 is 0.866 bits per heavy atom. The van der Waals surface area contributed by atoms with Crippen molar-refractivity contribution in [1.29, 1.82) is 0 Å². The molecule has 0 aliphatic carbocycles. The Morgan fingerprint density at radius 2 is 1.64 bits per heavy atom. The van der Waals surface area contributed by atoms with Crippen LogP contribution in [0.1, 0.15) is 58.0 Å². The van der Waals surface area contributed by atoms with Gasteiger partial charge in [-0.2, -0.15) is 0 Å². The third-order valence-corrected chi connectivity index (χ3v) is 13.7. The van der Waals surface area contributed by atoms with Crippen molar-refractivity contribution < 1.29 is 60.9 Å². The first kappa shape index (κ1) is 48.9. The summed E-state index contributed by atoms with van der Waals surface area (Å²) in [5, 5.41) is 13.9. The SMILES string of the molecule is CS(=O)(=O)N1CCC(C(=O)NCC(=O)NC2NC(c3cccc(-c4ccnc(OCCNC(=O)CCOCCOCCOc5cccc6c5C(=O)N(C5CCC(=O)NC5=O)C6=O)c4)c3)CS2)C1. The highest BCUT2D eigenvalue weighted by Gasteiger charge is 2.46. The van der Waals surface area contributed by atoms with Crippen molar-refractivity contribution in [2.45, 2.75) is 43.3 Å². The standard InChI is InChI=1S/C44H52N8O13S2/c1-67(60,61)51-15-11-30(25-51)40(56)47-24-37(55)50-44-48-32(26-66-44)29-5-2-4-27(22-29)28-10-13-46-38(23-28)65-17-14-45-35(53)12-16-62-18-19-63-20-21-64-34-7-3-6-31-39(34)43(59)52(42(31)58)33-8-9-36(54)49-41(33)57/h2-7,10,13,22-23,30,32-33,44,48H,8-9,11-12,14-21,24-26H2,1H3,(H,45,53)(H,47,56)(H,50,55)(H,49,54,57).